The zero-order valence-corrected chi connectivity index (χ0v) is 14.8. The van der Waals surface area contributed by atoms with Gasteiger partial charge in [-0.15, -0.1) is 0 Å². The van der Waals surface area contributed by atoms with E-state index < -0.39 is 5.41 Å². The van der Waals surface area contributed by atoms with Crippen LogP contribution >= 0.6 is 0 Å². The van der Waals surface area contributed by atoms with Gasteiger partial charge in [-0.2, -0.15) is 0 Å². The number of ketones is 1. The smallest absolute Gasteiger partial charge is 0.409 e. The molecule has 2 bridgehead atoms. The molecule has 1 aromatic rings. The minimum atomic E-state index is -0.729. The number of nitrogens with zero attached hydrogens (tertiary/aromatic N) is 1. The number of rotatable bonds is 1. The molecule has 6 heteroatoms. The van der Waals surface area contributed by atoms with Crippen molar-refractivity contribution in [1.82, 2.24) is 4.90 Å². The maximum atomic E-state index is 12.5. The number of phenolic OH excluding ortho intramolecular Hbond substituents is 1. The Labute approximate surface area is 151 Å². The van der Waals surface area contributed by atoms with E-state index in [1.807, 2.05) is 12.1 Å². The van der Waals surface area contributed by atoms with E-state index in [0.29, 0.717) is 36.3 Å². The van der Waals surface area contributed by atoms with Crippen LogP contribution < -0.4 is 4.74 Å². The number of benzene rings is 1. The zero-order valence-electron chi connectivity index (χ0n) is 14.8. The summed E-state index contributed by atoms with van der Waals surface area (Å²) >= 11 is 0. The predicted molar refractivity (Wildman–Crippen MR) is 94.3 cm³/mol. The highest BCUT2D eigenvalue weighted by Crippen LogP contribution is 2.58. The number of aromatic hydroxyl groups is 1. The largest absolute Gasteiger partial charge is 0.504 e. The molecule has 0 radical (unpaired) electrons. The van der Waals surface area contributed by atoms with E-state index in [1.54, 1.807) is 11.0 Å². The summed E-state index contributed by atoms with van der Waals surface area (Å²) in [5.74, 6) is 0.150. The molecule has 6 nitrogen and oxygen atoms in total. The molecule has 136 valence electrons. The number of hydrogen-bond donors (Lipinski definition) is 1. The third-order valence-electron chi connectivity index (χ3n) is 6.15. The molecule has 0 spiro atoms. The number of fused-ring (bicyclic) bond motifs is 1. The van der Waals surface area contributed by atoms with Crippen LogP contribution in [0.1, 0.15) is 17.5 Å². The van der Waals surface area contributed by atoms with Gasteiger partial charge in [-0.3, -0.25) is 4.79 Å². The summed E-state index contributed by atoms with van der Waals surface area (Å²) in [6.07, 6.45) is 4.08. The number of phenols is 1. The molecule has 0 unspecified atom stereocenters. The van der Waals surface area contributed by atoms with Gasteiger partial charge in [0.2, 0.25) is 0 Å². The average molecular weight is 355 g/mol. The molecule has 0 aromatic heterocycles. The minimum Gasteiger partial charge on any atom is -0.504 e. The van der Waals surface area contributed by atoms with Crippen molar-refractivity contribution in [1.29, 1.82) is 0 Å². The second kappa shape index (κ2) is 5.62. The Kier molecular flexibility index (Phi) is 3.61. The van der Waals surface area contributed by atoms with Crippen LogP contribution in [0.2, 0.25) is 0 Å². The molecule has 4 rings (SSSR count). The van der Waals surface area contributed by atoms with Crippen molar-refractivity contribution in [2.24, 2.45) is 5.92 Å². The van der Waals surface area contributed by atoms with E-state index in [4.69, 9.17) is 9.47 Å². The monoisotopic (exact) mass is 355 g/mol. The summed E-state index contributed by atoms with van der Waals surface area (Å²) in [6, 6.07) is 3.46. The van der Waals surface area contributed by atoms with Gasteiger partial charge in [0.05, 0.1) is 14.2 Å². The topological polar surface area (TPSA) is 76.1 Å². The first-order valence-electron chi connectivity index (χ1n) is 8.61. The highest BCUT2D eigenvalue weighted by Gasteiger charge is 2.58. The van der Waals surface area contributed by atoms with E-state index >= 15 is 0 Å². The van der Waals surface area contributed by atoms with Gasteiger partial charge in [0.1, 0.15) is 0 Å². The van der Waals surface area contributed by atoms with Crippen molar-refractivity contribution in [3.63, 3.8) is 0 Å². The first kappa shape index (κ1) is 16.7. The van der Waals surface area contributed by atoms with Gasteiger partial charge in [0.25, 0.3) is 0 Å². The van der Waals surface area contributed by atoms with Crippen molar-refractivity contribution >= 4 is 11.9 Å². The van der Waals surface area contributed by atoms with Crippen LogP contribution in [0.15, 0.2) is 36.4 Å². The molecule has 0 saturated carbocycles. The molecular formula is C20H21NO5. The number of allylic oxidation sites excluding steroid dienone is 2. The summed E-state index contributed by atoms with van der Waals surface area (Å²) in [5, 5.41) is 10.9. The zero-order chi connectivity index (χ0) is 18.6. The molecule has 1 saturated heterocycles. The van der Waals surface area contributed by atoms with Crippen molar-refractivity contribution in [3.05, 3.63) is 47.6 Å². The summed E-state index contributed by atoms with van der Waals surface area (Å²) in [6.45, 7) is 4.52. The number of amides is 1. The quantitative estimate of drug-likeness (QED) is 0.783. The van der Waals surface area contributed by atoms with E-state index in [2.05, 4.69) is 6.58 Å². The average Bonchev–Trinajstić information content (AvgIpc) is 2.64. The molecule has 1 aromatic carbocycles. The van der Waals surface area contributed by atoms with Gasteiger partial charge < -0.3 is 19.5 Å². The number of piperidine rings is 1. The second-order valence-corrected chi connectivity index (χ2v) is 7.03. The maximum Gasteiger partial charge on any atom is 0.409 e. The maximum absolute atomic E-state index is 12.5. The lowest BCUT2D eigenvalue weighted by Gasteiger charge is -2.57. The Bertz CT molecular complexity index is 858. The fourth-order valence-electron chi connectivity index (χ4n) is 5.00. The Morgan fingerprint density at radius 3 is 2.85 bits per heavy atom. The van der Waals surface area contributed by atoms with Crippen molar-refractivity contribution in [2.45, 2.75) is 24.3 Å². The van der Waals surface area contributed by atoms with Gasteiger partial charge >= 0.3 is 6.09 Å². The molecule has 1 heterocycles. The lowest BCUT2D eigenvalue weighted by atomic mass is 9.52. The number of likely N-dealkylation sites (tertiary alicyclic amines) is 1. The van der Waals surface area contributed by atoms with Gasteiger partial charge in [-0.25, -0.2) is 4.79 Å². The molecule has 1 amide bonds. The number of methoxy groups -OCH3 is 2. The van der Waals surface area contributed by atoms with Gasteiger partial charge in [-0.1, -0.05) is 18.7 Å². The Balaban J connectivity index is 1.98. The van der Waals surface area contributed by atoms with E-state index in [9.17, 15) is 14.7 Å². The van der Waals surface area contributed by atoms with E-state index in [1.165, 1.54) is 20.3 Å². The van der Waals surface area contributed by atoms with Gasteiger partial charge in [0, 0.05) is 35.1 Å². The molecule has 1 fully saturated rings. The van der Waals surface area contributed by atoms with Crippen LogP contribution in [-0.2, 0) is 21.4 Å². The highest BCUT2D eigenvalue weighted by molar-refractivity contribution is 6.07. The minimum absolute atomic E-state index is 0.0595. The lowest BCUT2D eigenvalue weighted by molar-refractivity contribution is -0.113. The Morgan fingerprint density at radius 2 is 2.15 bits per heavy atom. The number of ether oxygens (including phenoxy) is 2. The number of hydrogen-bond acceptors (Lipinski definition) is 5. The fourth-order valence-corrected chi connectivity index (χ4v) is 5.00. The van der Waals surface area contributed by atoms with Gasteiger partial charge in [0.15, 0.2) is 17.3 Å². The molecule has 1 N–H and O–H groups in total. The fraction of sp³-hybridized carbons (Fsp3) is 0.400. The van der Waals surface area contributed by atoms with E-state index in [0.717, 1.165) is 5.56 Å². The molecule has 1 aliphatic heterocycles. The standard InChI is InChI=1S/C20H21NO5/c1-11-15(22)6-5-13-14-10-12-4-7-16(25-2)18(23)17(12)20(11,13)8-9-21(14)19(24)26-3/h4-7,13-14,23H,1,8-10H2,2-3H3/t13-,14+,20-/m0/s1. The Hall–Kier alpha value is -2.76. The molecule has 3 atom stereocenters. The lowest BCUT2D eigenvalue weighted by Crippen LogP contribution is -2.62. The third kappa shape index (κ3) is 1.92. The van der Waals surface area contributed by atoms with Crippen molar-refractivity contribution in [3.8, 4) is 11.5 Å². The van der Waals surface area contributed by atoms with Crippen LogP contribution in [0.4, 0.5) is 4.79 Å². The van der Waals surface area contributed by atoms with Crippen LogP contribution in [-0.4, -0.2) is 48.7 Å². The third-order valence-corrected chi connectivity index (χ3v) is 6.15. The van der Waals surface area contributed by atoms with Gasteiger partial charge in [-0.05, 0) is 30.5 Å². The molecular weight excluding hydrogens is 334 g/mol. The van der Waals surface area contributed by atoms with Crippen molar-refractivity contribution < 1.29 is 24.2 Å². The number of carbonyl (C=O) groups is 2. The summed E-state index contributed by atoms with van der Waals surface area (Å²) in [5.41, 5.74) is 1.35. The molecule has 26 heavy (non-hydrogen) atoms. The SMILES string of the molecule is C=C1C(=O)C=C[C@H]2[C@H]3Cc4ccc(OC)c(O)c4[C@@]12CCN3C(=O)OC. The summed E-state index contributed by atoms with van der Waals surface area (Å²) in [4.78, 5) is 26.5. The highest BCUT2D eigenvalue weighted by atomic mass is 16.5. The summed E-state index contributed by atoms with van der Waals surface area (Å²) in [7, 11) is 2.87. The molecule has 2 aliphatic carbocycles. The first-order chi connectivity index (χ1) is 12.5. The molecule has 3 aliphatic rings. The van der Waals surface area contributed by atoms with Crippen LogP contribution in [0.3, 0.4) is 0 Å². The summed E-state index contributed by atoms with van der Waals surface area (Å²) < 4.78 is 10.3. The van der Waals surface area contributed by atoms with E-state index in [-0.39, 0.29) is 29.6 Å². The normalized spacial score (nSPS) is 29.1. The predicted octanol–water partition coefficient (Wildman–Crippen LogP) is 2.35. The second-order valence-electron chi connectivity index (χ2n) is 7.03. The first-order valence-corrected chi connectivity index (χ1v) is 8.61. The van der Waals surface area contributed by atoms with Crippen LogP contribution in [0.5, 0.6) is 11.5 Å². The van der Waals surface area contributed by atoms with Crippen LogP contribution in [0, 0.1) is 5.92 Å². The van der Waals surface area contributed by atoms with Crippen molar-refractivity contribution in [2.75, 3.05) is 20.8 Å². The number of carbonyl (C=O) groups excluding carboxylic acids is 2. The van der Waals surface area contributed by atoms with Crippen LogP contribution in [0.25, 0.3) is 0 Å². The Morgan fingerprint density at radius 1 is 1.38 bits per heavy atom.